The standard InChI is InChI=1S/C16H17NO6S2/c1-3-22-16(20)14-10(11-5-4-6-24-11)9-25-15(14)17-12(18)7-23-13(19)8-21-2/h4-6,9H,3,7-8H2,1-2H3,(H,17,18). The fraction of sp³-hybridized carbons (Fsp3) is 0.312. The van der Waals surface area contributed by atoms with Gasteiger partial charge in [0.1, 0.15) is 17.2 Å². The van der Waals surface area contributed by atoms with E-state index in [9.17, 15) is 14.4 Å². The third kappa shape index (κ3) is 5.12. The Kier molecular flexibility index (Phi) is 7.11. The summed E-state index contributed by atoms with van der Waals surface area (Å²) in [5, 5.41) is 6.63. The molecular weight excluding hydrogens is 366 g/mol. The van der Waals surface area contributed by atoms with Gasteiger partial charge in [0.05, 0.1) is 6.61 Å². The van der Waals surface area contributed by atoms with Crippen molar-refractivity contribution >= 4 is 45.5 Å². The molecule has 1 N–H and O–H groups in total. The Labute approximate surface area is 152 Å². The molecule has 0 radical (unpaired) electrons. The SMILES string of the molecule is CCOC(=O)c1c(-c2cccs2)csc1NC(=O)COC(=O)COC. The van der Waals surface area contributed by atoms with Crippen LogP contribution >= 0.6 is 22.7 Å². The smallest absolute Gasteiger partial charge is 0.341 e. The Morgan fingerprint density at radius 2 is 1.96 bits per heavy atom. The molecule has 9 heteroatoms. The number of hydrogen-bond donors (Lipinski definition) is 1. The van der Waals surface area contributed by atoms with E-state index >= 15 is 0 Å². The van der Waals surface area contributed by atoms with Crippen molar-refractivity contribution in [2.24, 2.45) is 0 Å². The minimum Gasteiger partial charge on any atom is -0.462 e. The number of carbonyl (C=O) groups is 3. The van der Waals surface area contributed by atoms with Crippen molar-refractivity contribution in [3.05, 3.63) is 28.5 Å². The fourth-order valence-electron chi connectivity index (χ4n) is 1.94. The molecule has 0 aliphatic carbocycles. The predicted molar refractivity (Wildman–Crippen MR) is 95.1 cm³/mol. The van der Waals surface area contributed by atoms with Gasteiger partial charge in [0.15, 0.2) is 6.61 Å². The van der Waals surface area contributed by atoms with Crippen molar-refractivity contribution < 1.29 is 28.6 Å². The Morgan fingerprint density at radius 1 is 1.16 bits per heavy atom. The van der Waals surface area contributed by atoms with Crippen LogP contribution in [0.3, 0.4) is 0 Å². The highest BCUT2D eigenvalue weighted by Crippen LogP contribution is 2.38. The number of nitrogens with one attached hydrogen (secondary N) is 1. The van der Waals surface area contributed by atoms with Crippen LogP contribution < -0.4 is 5.32 Å². The van der Waals surface area contributed by atoms with Crippen LogP contribution in [0.25, 0.3) is 10.4 Å². The summed E-state index contributed by atoms with van der Waals surface area (Å²) in [5.74, 6) is -1.71. The number of esters is 2. The first-order valence-electron chi connectivity index (χ1n) is 7.33. The highest BCUT2D eigenvalue weighted by Gasteiger charge is 2.23. The van der Waals surface area contributed by atoms with Gasteiger partial charge in [-0.2, -0.15) is 0 Å². The lowest BCUT2D eigenvalue weighted by Crippen LogP contribution is -2.23. The van der Waals surface area contributed by atoms with E-state index in [1.54, 1.807) is 12.3 Å². The number of ether oxygens (including phenoxy) is 3. The molecule has 2 aromatic rings. The van der Waals surface area contributed by atoms with Crippen LogP contribution in [-0.2, 0) is 23.8 Å². The Balaban J connectivity index is 2.16. The summed E-state index contributed by atoms with van der Waals surface area (Å²) in [7, 11) is 1.35. The highest BCUT2D eigenvalue weighted by molar-refractivity contribution is 7.17. The van der Waals surface area contributed by atoms with Gasteiger partial charge in [-0.3, -0.25) is 4.79 Å². The molecule has 0 saturated carbocycles. The number of hydrogen-bond acceptors (Lipinski definition) is 8. The van der Waals surface area contributed by atoms with E-state index in [1.165, 1.54) is 29.8 Å². The van der Waals surface area contributed by atoms with E-state index in [4.69, 9.17) is 9.47 Å². The summed E-state index contributed by atoms with van der Waals surface area (Å²) in [5.41, 5.74) is 0.996. The summed E-state index contributed by atoms with van der Waals surface area (Å²) in [6.07, 6.45) is 0. The van der Waals surface area contributed by atoms with Crippen molar-refractivity contribution in [3.8, 4) is 10.4 Å². The fourth-order valence-corrected chi connectivity index (χ4v) is 3.73. The summed E-state index contributed by atoms with van der Waals surface area (Å²) in [6.45, 7) is 1.24. The second-order valence-electron chi connectivity index (χ2n) is 4.69. The maximum atomic E-state index is 12.3. The number of rotatable bonds is 8. The van der Waals surface area contributed by atoms with Gasteiger partial charge >= 0.3 is 11.9 Å². The Hall–Kier alpha value is -2.23. The van der Waals surface area contributed by atoms with Crippen LogP contribution in [0, 0.1) is 0 Å². The lowest BCUT2D eigenvalue weighted by Gasteiger charge is -2.08. The quantitative estimate of drug-likeness (QED) is 0.705. The van der Waals surface area contributed by atoms with Crippen molar-refractivity contribution in [1.29, 1.82) is 0 Å². The molecule has 1 amide bonds. The van der Waals surface area contributed by atoms with Gasteiger partial charge in [-0.05, 0) is 18.4 Å². The third-order valence-electron chi connectivity index (χ3n) is 2.94. The molecule has 134 valence electrons. The molecule has 2 rings (SSSR count). The molecule has 0 fully saturated rings. The molecule has 0 saturated heterocycles. The molecule has 0 atom stereocenters. The summed E-state index contributed by atoms with van der Waals surface area (Å²) >= 11 is 2.69. The predicted octanol–water partition coefficient (Wildman–Crippen LogP) is 2.78. The monoisotopic (exact) mass is 383 g/mol. The van der Waals surface area contributed by atoms with E-state index < -0.39 is 24.5 Å². The van der Waals surface area contributed by atoms with Crippen molar-refractivity contribution in [1.82, 2.24) is 0 Å². The first kappa shape index (κ1) is 19.1. The molecule has 0 spiro atoms. The Bertz CT molecular complexity index is 738. The van der Waals surface area contributed by atoms with Gasteiger partial charge in [-0.15, -0.1) is 22.7 Å². The molecule has 0 aliphatic heterocycles. The van der Waals surface area contributed by atoms with E-state index in [1.807, 2.05) is 17.5 Å². The van der Waals surface area contributed by atoms with Crippen molar-refractivity contribution in [3.63, 3.8) is 0 Å². The van der Waals surface area contributed by atoms with E-state index in [0.29, 0.717) is 16.1 Å². The van der Waals surface area contributed by atoms with Crippen LogP contribution in [-0.4, -0.2) is 44.8 Å². The average molecular weight is 383 g/mol. The first-order valence-corrected chi connectivity index (χ1v) is 9.09. The second-order valence-corrected chi connectivity index (χ2v) is 6.52. The molecule has 0 unspecified atom stereocenters. The number of carbonyl (C=O) groups excluding carboxylic acids is 3. The minimum absolute atomic E-state index is 0.223. The lowest BCUT2D eigenvalue weighted by atomic mass is 10.1. The van der Waals surface area contributed by atoms with Gasteiger partial charge in [0.2, 0.25) is 0 Å². The Morgan fingerprint density at radius 3 is 2.60 bits per heavy atom. The molecule has 0 aliphatic rings. The maximum absolute atomic E-state index is 12.3. The molecule has 0 bridgehead atoms. The van der Waals surface area contributed by atoms with Crippen LogP contribution in [0.2, 0.25) is 0 Å². The summed E-state index contributed by atoms with van der Waals surface area (Å²) in [4.78, 5) is 36.4. The van der Waals surface area contributed by atoms with Gasteiger partial charge in [0.25, 0.3) is 5.91 Å². The zero-order chi connectivity index (χ0) is 18.2. The molecule has 25 heavy (non-hydrogen) atoms. The number of thiophene rings is 2. The van der Waals surface area contributed by atoms with Crippen LogP contribution in [0.5, 0.6) is 0 Å². The number of methoxy groups -OCH3 is 1. The van der Waals surface area contributed by atoms with Gasteiger partial charge in [0, 0.05) is 22.9 Å². The average Bonchev–Trinajstić information content (AvgIpc) is 3.22. The molecule has 0 aromatic carbocycles. The minimum atomic E-state index is -0.645. The zero-order valence-corrected chi connectivity index (χ0v) is 15.3. The van der Waals surface area contributed by atoms with Gasteiger partial charge in [-0.1, -0.05) is 6.07 Å². The van der Waals surface area contributed by atoms with Crippen molar-refractivity contribution in [2.45, 2.75) is 6.92 Å². The third-order valence-corrected chi connectivity index (χ3v) is 4.74. The van der Waals surface area contributed by atoms with Crippen LogP contribution in [0.4, 0.5) is 5.00 Å². The van der Waals surface area contributed by atoms with Crippen LogP contribution in [0.15, 0.2) is 22.9 Å². The normalized spacial score (nSPS) is 10.3. The van der Waals surface area contributed by atoms with Crippen molar-refractivity contribution in [2.75, 3.05) is 32.2 Å². The lowest BCUT2D eigenvalue weighted by molar-refractivity contribution is -0.150. The summed E-state index contributed by atoms with van der Waals surface area (Å²) < 4.78 is 14.5. The van der Waals surface area contributed by atoms with E-state index in [-0.39, 0.29) is 13.2 Å². The first-order chi connectivity index (χ1) is 12.1. The zero-order valence-electron chi connectivity index (χ0n) is 13.7. The number of amides is 1. The molecule has 2 aromatic heterocycles. The van der Waals surface area contributed by atoms with Gasteiger partial charge in [-0.25, -0.2) is 9.59 Å². The van der Waals surface area contributed by atoms with Gasteiger partial charge < -0.3 is 19.5 Å². The maximum Gasteiger partial charge on any atom is 0.341 e. The molecule has 7 nitrogen and oxygen atoms in total. The topological polar surface area (TPSA) is 90.9 Å². The highest BCUT2D eigenvalue weighted by atomic mass is 32.1. The molecule has 2 heterocycles. The largest absolute Gasteiger partial charge is 0.462 e. The second kappa shape index (κ2) is 9.30. The summed E-state index contributed by atoms with van der Waals surface area (Å²) in [6, 6.07) is 3.76. The van der Waals surface area contributed by atoms with E-state index in [2.05, 4.69) is 10.1 Å². The van der Waals surface area contributed by atoms with Crippen LogP contribution in [0.1, 0.15) is 17.3 Å². The number of anilines is 1. The molecular formula is C16H17NO6S2. The van der Waals surface area contributed by atoms with E-state index in [0.717, 1.165) is 4.88 Å².